The maximum absolute atomic E-state index is 11.6. The van der Waals surface area contributed by atoms with Gasteiger partial charge in [-0.2, -0.15) is 0 Å². The lowest BCUT2D eigenvalue weighted by Crippen LogP contribution is -2.53. The standard InChI is InChI=1S/C13H22N2O3/c1-2-6-13(12(17)18)7-3-8-15(13)9-10-4-5-11(16)14-10/h10H,2-9H2,1H3,(H,14,16)(H,17,18). The Morgan fingerprint density at radius 3 is 2.94 bits per heavy atom. The molecular formula is C13H22N2O3. The number of rotatable bonds is 5. The van der Waals surface area contributed by atoms with Gasteiger partial charge in [-0.1, -0.05) is 13.3 Å². The van der Waals surface area contributed by atoms with E-state index in [1.807, 2.05) is 6.92 Å². The lowest BCUT2D eigenvalue weighted by molar-refractivity contribution is -0.150. The zero-order valence-corrected chi connectivity index (χ0v) is 10.9. The molecule has 2 atom stereocenters. The quantitative estimate of drug-likeness (QED) is 0.767. The maximum atomic E-state index is 11.6. The first-order valence-corrected chi connectivity index (χ1v) is 6.86. The van der Waals surface area contributed by atoms with E-state index in [2.05, 4.69) is 10.2 Å². The van der Waals surface area contributed by atoms with E-state index >= 15 is 0 Å². The van der Waals surface area contributed by atoms with Gasteiger partial charge in [0.1, 0.15) is 5.54 Å². The largest absolute Gasteiger partial charge is 0.480 e. The SMILES string of the molecule is CCCC1(C(=O)O)CCCN1CC1CCC(=O)N1. The number of hydrogen-bond acceptors (Lipinski definition) is 3. The number of likely N-dealkylation sites (tertiary alicyclic amines) is 1. The highest BCUT2D eigenvalue weighted by Gasteiger charge is 2.47. The summed E-state index contributed by atoms with van der Waals surface area (Å²) in [6.07, 6.45) is 4.65. The van der Waals surface area contributed by atoms with Crippen LogP contribution in [0, 0.1) is 0 Å². The number of carbonyl (C=O) groups excluding carboxylic acids is 1. The molecule has 2 fully saturated rings. The van der Waals surface area contributed by atoms with Gasteiger partial charge in [-0.05, 0) is 32.2 Å². The molecule has 2 aliphatic rings. The van der Waals surface area contributed by atoms with Gasteiger partial charge in [0.25, 0.3) is 0 Å². The van der Waals surface area contributed by atoms with Crippen LogP contribution in [-0.2, 0) is 9.59 Å². The van der Waals surface area contributed by atoms with E-state index < -0.39 is 11.5 Å². The van der Waals surface area contributed by atoms with Crippen LogP contribution in [0.25, 0.3) is 0 Å². The number of carbonyl (C=O) groups is 2. The Balaban J connectivity index is 2.05. The Bertz CT molecular complexity index is 345. The Morgan fingerprint density at radius 1 is 1.61 bits per heavy atom. The molecule has 2 rings (SSSR count). The number of carboxylic acid groups (broad SMARTS) is 1. The van der Waals surface area contributed by atoms with E-state index in [1.54, 1.807) is 0 Å². The second-order valence-corrected chi connectivity index (χ2v) is 5.44. The van der Waals surface area contributed by atoms with E-state index in [0.29, 0.717) is 19.4 Å². The van der Waals surface area contributed by atoms with Gasteiger partial charge in [-0.3, -0.25) is 14.5 Å². The molecule has 0 aliphatic carbocycles. The molecule has 0 aromatic carbocycles. The number of hydrogen-bond donors (Lipinski definition) is 2. The van der Waals surface area contributed by atoms with Crippen molar-refractivity contribution in [2.24, 2.45) is 0 Å². The summed E-state index contributed by atoms with van der Waals surface area (Å²) < 4.78 is 0. The van der Waals surface area contributed by atoms with E-state index in [0.717, 1.165) is 32.2 Å². The maximum Gasteiger partial charge on any atom is 0.324 e. The molecule has 0 bridgehead atoms. The van der Waals surface area contributed by atoms with Crippen LogP contribution in [0.5, 0.6) is 0 Å². The molecule has 5 nitrogen and oxygen atoms in total. The highest BCUT2D eigenvalue weighted by Crippen LogP contribution is 2.34. The summed E-state index contributed by atoms with van der Waals surface area (Å²) in [5.74, 6) is -0.609. The van der Waals surface area contributed by atoms with Crippen LogP contribution in [0.15, 0.2) is 0 Å². The molecule has 18 heavy (non-hydrogen) atoms. The minimum Gasteiger partial charge on any atom is -0.480 e. The Labute approximate surface area is 108 Å². The van der Waals surface area contributed by atoms with Crippen molar-refractivity contribution in [3.8, 4) is 0 Å². The van der Waals surface area contributed by atoms with Crippen LogP contribution in [0.1, 0.15) is 45.4 Å². The average molecular weight is 254 g/mol. The lowest BCUT2D eigenvalue weighted by atomic mass is 9.90. The molecular weight excluding hydrogens is 232 g/mol. The van der Waals surface area contributed by atoms with E-state index in [-0.39, 0.29) is 11.9 Å². The van der Waals surface area contributed by atoms with Crippen LogP contribution < -0.4 is 5.32 Å². The highest BCUT2D eigenvalue weighted by molar-refractivity contribution is 5.80. The molecule has 2 unspecified atom stereocenters. The van der Waals surface area contributed by atoms with Gasteiger partial charge in [-0.15, -0.1) is 0 Å². The fraction of sp³-hybridized carbons (Fsp3) is 0.846. The molecule has 0 radical (unpaired) electrons. The molecule has 2 saturated heterocycles. The van der Waals surface area contributed by atoms with Gasteiger partial charge >= 0.3 is 5.97 Å². The highest BCUT2D eigenvalue weighted by atomic mass is 16.4. The first-order valence-electron chi connectivity index (χ1n) is 6.86. The summed E-state index contributed by atoms with van der Waals surface area (Å²) in [5, 5.41) is 12.5. The fourth-order valence-electron chi connectivity index (χ4n) is 3.33. The summed E-state index contributed by atoms with van der Waals surface area (Å²) in [7, 11) is 0. The van der Waals surface area contributed by atoms with Crippen molar-refractivity contribution in [2.45, 2.75) is 57.0 Å². The third kappa shape index (κ3) is 2.36. The lowest BCUT2D eigenvalue weighted by Gasteiger charge is -2.36. The Morgan fingerprint density at radius 2 is 2.39 bits per heavy atom. The number of amides is 1. The summed E-state index contributed by atoms with van der Waals surface area (Å²) in [5.41, 5.74) is -0.692. The van der Waals surface area contributed by atoms with Crippen molar-refractivity contribution < 1.29 is 14.7 Å². The minimum atomic E-state index is -0.703. The molecule has 0 aromatic rings. The van der Waals surface area contributed by atoms with Gasteiger partial charge < -0.3 is 10.4 Å². The molecule has 1 amide bonds. The average Bonchev–Trinajstić information content (AvgIpc) is 2.88. The van der Waals surface area contributed by atoms with Gasteiger partial charge in [-0.25, -0.2) is 0 Å². The summed E-state index contributed by atoms with van der Waals surface area (Å²) in [6, 6.07) is 0.131. The van der Waals surface area contributed by atoms with E-state index in [4.69, 9.17) is 0 Å². The third-order valence-electron chi connectivity index (χ3n) is 4.21. The topological polar surface area (TPSA) is 69.6 Å². The summed E-state index contributed by atoms with van der Waals surface area (Å²) in [6.45, 7) is 3.54. The number of nitrogens with one attached hydrogen (secondary N) is 1. The molecule has 5 heteroatoms. The zero-order chi connectivity index (χ0) is 13.2. The van der Waals surface area contributed by atoms with E-state index in [9.17, 15) is 14.7 Å². The van der Waals surface area contributed by atoms with Gasteiger partial charge in [0, 0.05) is 19.0 Å². The van der Waals surface area contributed by atoms with Crippen molar-refractivity contribution in [3.63, 3.8) is 0 Å². The first-order chi connectivity index (χ1) is 8.58. The molecule has 2 N–H and O–H groups in total. The molecule has 0 aromatic heterocycles. The van der Waals surface area contributed by atoms with Gasteiger partial charge in [0.05, 0.1) is 0 Å². The first kappa shape index (κ1) is 13.3. The minimum absolute atomic E-state index is 0.0932. The van der Waals surface area contributed by atoms with Gasteiger partial charge in [0.15, 0.2) is 0 Å². The van der Waals surface area contributed by atoms with Crippen molar-refractivity contribution >= 4 is 11.9 Å². The van der Waals surface area contributed by atoms with Crippen LogP contribution >= 0.6 is 0 Å². The Kier molecular flexibility index (Phi) is 3.90. The monoisotopic (exact) mass is 254 g/mol. The molecule has 0 saturated carbocycles. The molecule has 2 heterocycles. The van der Waals surface area contributed by atoms with Crippen LogP contribution in [0.3, 0.4) is 0 Å². The zero-order valence-electron chi connectivity index (χ0n) is 10.9. The fourth-order valence-corrected chi connectivity index (χ4v) is 3.33. The summed E-state index contributed by atoms with van der Waals surface area (Å²) in [4.78, 5) is 24.9. The number of nitrogens with zero attached hydrogens (tertiary/aromatic N) is 1. The predicted molar refractivity (Wildman–Crippen MR) is 67.2 cm³/mol. The van der Waals surface area contributed by atoms with Crippen LogP contribution in [-0.4, -0.2) is 46.6 Å². The van der Waals surface area contributed by atoms with Crippen molar-refractivity contribution in [3.05, 3.63) is 0 Å². The van der Waals surface area contributed by atoms with Crippen molar-refractivity contribution in [1.82, 2.24) is 10.2 Å². The second-order valence-electron chi connectivity index (χ2n) is 5.44. The molecule has 2 aliphatic heterocycles. The van der Waals surface area contributed by atoms with Gasteiger partial charge in [0.2, 0.25) is 5.91 Å². The summed E-state index contributed by atoms with van der Waals surface area (Å²) >= 11 is 0. The normalized spacial score (nSPS) is 32.7. The second kappa shape index (κ2) is 5.26. The number of aliphatic carboxylic acids is 1. The molecule has 102 valence electrons. The Hall–Kier alpha value is -1.10. The molecule has 0 spiro atoms. The predicted octanol–water partition coefficient (Wildman–Crippen LogP) is 0.984. The third-order valence-corrected chi connectivity index (χ3v) is 4.21. The van der Waals surface area contributed by atoms with Crippen LogP contribution in [0.4, 0.5) is 0 Å². The van der Waals surface area contributed by atoms with E-state index in [1.165, 1.54) is 0 Å². The smallest absolute Gasteiger partial charge is 0.324 e. The van der Waals surface area contributed by atoms with Crippen LogP contribution in [0.2, 0.25) is 0 Å². The number of carboxylic acids is 1. The van der Waals surface area contributed by atoms with Crippen molar-refractivity contribution in [2.75, 3.05) is 13.1 Å². The van der Waals surface area contributed by atoms with Crippen molar-refractivity contribution in [1.29, 1.82) is 0 Å².